The number of hydrogen-bond acceptors (Lipinski definition) is 3. The van der Waals surface area contributed by atoms with Crippen LogP contribution in [0.5, 0.6) is 0 Å². The molecule has 2 amide bonds. The number of halogens is 1. The average Bonchev–Trinajstić information content (AvgIpc) is 2.76. The van der Waals surface area contributed by atoms with E-state index in [1.54, 1.807) is 29.2 Å². The Bertz CT molecular complexity index is 1080. The van der Waals surface area contributed by atoms with Gasteiger partial charge in [0.25, 0.3) is 5.91 Å². The molecule has 0 aliphatic carbocycles. The van der Waals surface area contributed by atoms with Crippen LogP contribution in [-0.2, 0) is 17.9 Å². The largest absolute Gasteiger partial charge is 0.348 e. The minimum absolute atomic E-state index is 0.0249. The van der Waals surface area contributed by atoms with E-state index in [0.717, 1.165) is 21.7 Å². The third-order valence-corrected chi connectivity index (χ3v) is 6.04. The lowest BCUT2D eigenvalue weighted by Crippen LogP contribution is -2.35. The second-order valence-electron chi connectivity index (χ2n) is 7.25. The van der Waals surface area contributed by atoms with E-state index in [1.165, 1.54) is 29.5 Å². The Labute approximate surface area is 179 Å². The zero-order valence-corrected chi connectivity index (χ0v) is 17.3. The summed E-state index contributed by atoms with van der Waals surface area (Å²) in [7, 11) is 0. The quantitative estimate of drug-likeness (QED) is 0.651. The Morgan fingerprint density at radius 1 is 1.03 bits per heavy atom. The first-order chi connectivity index (χ1) is 14.5. The number of fused-ring (bicyclic) bond motifs is 1. The molecule has 3 aromatic rings. The Kier molecular flexibility index (Phi) is 5.86. The molecule has 4 nitrogen and oxygen atoms in total. The molecule has 152 valence electrons. The van der Waals surface area contributed by atoms with E-state index in [4.69, 9.17) is 0 Å². The molecule has 0 saturated carbocycles. The number of benzene rings is 3. The van der Waals surface area contributed by atoms with E-state index < -0.39 is 0 Å². The molecule has 0 saturated heterocycles. The van der Waals surface area contributed by atoms with E-state index in [0.29, 0.717) is 24.4 Å². The summed E-state index contributed by atoms with van der Waals surface area (Å²) in [5, 5.41) is 2.85. The molecule has 3 aromatic carbocycles. The van der Waals surface area contributed by atoms with Gasteiger partial charge >= 0.3 is 0 Å². The van der Waals surface area contributed by atoms with E-state index in [2.05, 4.69) is 5.32 Å². The van der Waals surface area contributed by atoms with Gasteiger partial charge in [-0.25, -0.2) is 4.39 Å². The lowest BCUT2D eigenvalue weighted by Gasteiger charge is -2.29. The van der Waals surface area contributed by atoms with Crippen LogP contribution in [0.1, 0.15) is 27.0 Å². The number of hydrogen-bond donors (Lipinski definition) is 1. The van der Waals surface area contributed by atoms with E-state index in [1.807, 2.05) is 37.3 Å². The maximum Gasteiger partial charge on any atom is 0.251 e. The molecule has 0 bridgehead atoms. The third kappa shape index (κ3) is 4.54. The van der Waals surface area contributed by atoms with Crippen LogP contribution in [-0.4, -0.2) is 17.6 Å². The van der Waals surface area contributed by atoms with Gasteiger partial charge in [0.05, 0.1) is 18.0 Å². The van der Waals surface area contributed by atoms with Crippen molar-refractivity contribution >= 4 is 29.3 Å². The van der Waals surface area contributed by atoms with Crippen LogP contribution >= 0.6 is 11.8 Å². The molecular formula is C24H21FN2O2S. The Balaban J connectivity index is 1.53. The van der Waals surface area contributed by atoms with Crippen molar-refractivity contribution in [1.82, 2.24) is 5.32 Å². The molecule has 30 heavy (non-hydrogen) atoms. The first-order valence-corrected chi connectivity index (χ1v) is 10.6. The molecule has 1 aliphatic heterocycles. The van der Waals surface area contributed by atoms with Crippen LogP contribution in [0.4, 0.5) is 10.1 Å². The number of carbonyl (C=O) groups excluding carboxylic acids is 2. The normalized spacial score (nSPS) is 13.1. The second-order valence-corrected chi connectivity index (χ2v) is 8.26. The van der Waals surface area contributed by atoms with E-state index >= 15 is 0 Å². The highest BCUT2D eigenvalue weighted by Crippen LogP contribution is 2.37. The molecule has 6 heteroatoms. The van der Waals surface area contributed by atoms with E-state index in [-0.39, 0.29) is 17.6 Å². The maximum absolute atomic E-state index is 13.0. The molecular weight excluding hydrogens is 399 g/mol. The van der Waals surface area contributed by atoms with E-state index in [9.17, 15) is 14.0 Å². The third-order valence-electron chi connectivity index (χ3n) is 4.99. The first kappa shape index (κ1) is 20.2. The minimum atomic E-state index is -0.310. The summed E-state index contributed by atoms with van der Waals surface area (Å²) in [6.45, 7) is 2.79. The first-order valence-electron chi connectivity index (χ1n) is 9.65. The van der Waals surface area contributed by atoms with Gasteiger partial charge in [-0.3, -0.25) is 9.59 Å². The molecule has 1 N–H and O–H groups in total. The Hall–Kier alpha value is -3.12. The number of aryl methyl sites for hydroxylation is 1. The lowest BCUT2D eigenvalue weighted by molar-refractivity contribution is -0.116. The standard InChI is InChI=1S/C24H21FN2O2S/c1-16-2-4-18(5-3-16)14-27-21-12-19(8-11-22(21)30-15-23(27)28)24(29)26-13-17-6-9-20(25)10-7-17/h2-12H,13-15H2,1H3,(H,26,29). The van der Waals surface area contributed by atoms with Crippen molar-refractivity contribution in [3.05, 3.63) is 94.8 Å². The maximum atomic E-state index is 13.0. The number of amides is 2. The Morgan fingerprint density at radius 2 is 1.73 bits per heavy atom. The average molecular weight is 421 g/mol. The van der Waals surface area contributed by atoms with Crippen molar-refractivity contribution in [2.24, 2.45) is 0 Å². The van der Waals surface area contributed by atoms with Crippen LogP contribution < -0.4 is 10.2 Å². The molecule has 1 aliphatic rings. The SMILES string of the molecule is Cc1ccc(CN2C(=O)CSc3ccc(C(=O)NCc4ccc(F)cc4)cc32)cc1. The van der Waals surface area contributed by atoms with Gasteiger partial charge < -0.3 is 10.2 Å². The Morgan fingerprint density at radius 3 is 2.47 bits per heavy atom. The predicted molar refractivity (Wildman–Crippen MR) is 117 cm³/mol. The molecule has 0 unspecified atom stereocenters. The van der Waals surface area contributed by atoms with Gasteiger partial charge in [0.1, 0.15) is 5.82 Å². The number of nitrogens with zero attached hydrogens (tertiary/aromatic N) is 1. The van der Waals surface area contributed by atoms with Gasteiger partial charge in [-0.1, -0.05) is 42.0 Å². The van der Waals surface area contributed by atoms with Gasteiger partial charge in [-0.05, 0) is 48.4 Å². The van der Waals surface area contributed by atoms with Crippen LogP contribution in [0.25, 0.3) is 0 Å². The van der Waals surface area contributed by atoms with Gasteiger partial charge in [0, 0.05) is 17.0 Å². The fourth-order valence-electron chi connectivity index (χ4n) is 3.28. The van der Waals surface area contributed by atoms with Gasteiger partial charge in [0.15, 0.2) is 0 Å². The van der Waals surface area contributed by atoms with Crippen molar-refractivity contribution < 1.29 is 14.0 Å². The van der Waals surface area contributed by atoms with Crippen LogP contribution in [0.3, 0.4) is 0 Å². The molecule has 0 fully saturated rings. The van der Waals surface area contributed by atoms with Crippen molar-refractivity contribution in [2.45, 2.75) is 24.9 Å². The molecule has 1 heterocycles. The number of rotatable bonds is 5. The summed E-state index contributed by atoms with van der Waals surface area (Å²) in [5.41, 5.74) is 4.26. The van der Waals surface area contributed by atoms with Crippen molar-refractivity contribution in [3.63, 3.8) is 0 Å². The number of carbonyl (C=O) groups is 2. The van der Waals surface area contributed by atoms with Gasteiger partial charge in [-0.15, -0.1) is 11.8 Å². The fraction of sp³-hybridized carbons (Fsp3) is 0.167. The second kappa shape index (κ2) is 8.71. The monoisotopic (exact) mass is 420 g/mol. The van der Waals surface area contributed by atoms with Crippen molar-refractivity contribution in [1.29, 1.82) is 0 Å². The van der Waals surface area contributed by atoms with Crippen molar-refractivity contribution in [2.75, 3.05) is 10.7 Å². The smallest absolute Gasteiger partial charge is 0.251 e. The zero-order chi connectivity index (χ0) is 21.1. The van der Waals surface area contributed by atoms with Gasteiger partial charge in [-0.2, -0.15) is 0 Å². The predicted octanol–water partition coefficient (Wildman–Crippen LogP) is 4.70. The molecule has 0 aromatic heterocycles. The minimum Gasteiger partial charge on any atom is -0.348 e. The summed E-state index contributed by atoms with van der Waals surface area (Å²) in [4.78, 5) is 28.0. The van der Waals surface area contributed by atoms with Crippen LogP contribution in [0.2, 0.25) is 0 Å². The number of anilines is 1. The summed E-state index contributed by atoms with van der Waals surface area (Å²) in [5.74, 6) is -0.136. The van der Waals surface area contributed by atoms with Crippen LogP contribution in [0.15, 0.2) is 71.6 Å². The fourth-order valence-corrected chi connectivity index (χ4v) is 4.20. The summed E-state index contributed by atoms with van der Waals surface area (Å²) in [6, 6.07) is 19.5. The molecule has 0 atom stereocenters. The summed E-state index contributed by atoms with van der Waals surface area (Å²) >= 11 is 1.49. The molecule has 0 spiro atoms. The highest BCUT2D eigenvalue weighted by molar-refractivity contribution is 8.00. The number of thioether (sulfide) groups is 1. The topological polar surface area (TPSA) is 49.4 Å². The lowest BCUT2D eigenvalue weighted by atomic mass is 10.1. The molecule has 0 radical (unpaired) electrons. The number of nitrogens with one attached hydrogen (secondary N) is 1. The van der Waals surface area contributed by atoms with Crippen molar-refractivity contribution in [3.8, 4) is 0 Å². The highest BCUT2D eigenvalue weighted by Gasteiger charge is 2.26. The highest BCUT2D eigenvalue weighted by atomic mass is 32.2. The van der Waals surface area contributed by atoms with Gasteiger partial charge in [0.2, 0.25) is 5.91 Å². The summed E-state index contributed by atoms with van der Waals surface area (Å²) < 4.78 is 13.0. The zero-order valence-electron chi connectivity index (χ0n) is 16.5. The summed E-state index contributed by atoms with van der Waals surface area (Å²) in [6.07, 6.45) is 0. The van der Waals surface area contributed by atoms with Crippen LogP contribution in [0, 0.1) is 12.7 Å². The molecule has 4 rings (SSSR count).